The molecular formula is C76H75BN2O2. The van der Waals surface area contributed by atoms with Gasteiger partial charge in [0.2, 0.25) is 0 Å². The van der Waals surface area contributed by atoms with Crippen molar-refractivity contribution in [2.75, 3.05) is 4.90 Å². The number of anilines is 3. The van der Waals surface area contributed by atoms with Crippen molar-refractivity contribution in [3.8, 4) is 22.3 Å². The van der Waals surface area contributed by atoms with E-state index < -0.39 is 0 Å². The molecule has 7 aromatic carbocycles. The third-order valence-electron chi connectivity index (χ3n) is 24.2. The molecule has 4 nitrogen and oxygen atoms in total. The Balaban J connectivity index is 0.977. The van der Waals surface area contributed by atoms with Gasteiger partial charge in [0, 0.05) is 49.1 Å². The summed E-state index contributed by atoms with van der Waals surface area (Å²) in [4.78, 5) is 2.67. The van der Waals surface area contributed by atoms with Gasteiger partial charge in [0.1, 0.15) is 16.8 Å². The summed E-state index contributed by atoms with van der Waals surface area (Å²) >= 11 is 0. The zero-order chi connectivity index (χ0) is 54.0. The van der Waals surface area contributed by atoms with Gasteiger partial charge in [-0.15, -0.1) is 0 Å². The average Bonchev–Trinajstić information content (AvgIpc) is 2.87. The van der Waals surface area contributed by atoms with Crippen LogP contribution in [0.4, 0.5) is 17.1 Å². The van der Waals surface area contributed by atoms with Gasteiger partial charge in [-0.25, -0.2) is 0 Å². The summed E-state index contributed by atoms with van der Waals surface area (Å²) in [6.07, 6.45) is 19.1. The summed E-state index contributed by atoms with van der Waals surface area (Å²) in [6.45, 7) is 16.7. The number of fused-ring (bicyclic) bond motifs is 14. The van der Waals surface area contributed by atoms with Crippen molar-refractivity contribution in [3.05, 3.63) is 149 Å². The molecule has 404 valence electrons. The maximum Gasteiger partial charge on any atom is 0.376 e. The zero-order valence-corrected chi connectivity index (χ0v) is 48.7. The van der Waals surface area contributed by atoms with Crippen molar-refractivity contribution in [2.45, 2.75) is 165 Å². The van der Waals surface area contributed by atoms with E-state index in [2.05, 4.69) is 179 Å². The summed E-state index contributed by atoms with van der Waals surface area (Å²) < 4.78 is 18.3. The lowest BCUT2D eigenvalue weighted by Gasteiger charge is -2.57. The molecule has 3 aromatic heterocycles. The Bertz CT molecular complexity index is 4360. The molecule has 21 rings (SSSR count). The molecule has 2 aliphatic heterocycles. The van der Waals surface area contributed by atoms with E-state index in [9.17, 15) is 0 Å². The van der Waals surface area contributed by atoms with E-state index in [1.165, 1.54) is 159 Å². The fourth-order valence-electron chi connectivity index (χ4n) is 21.2. The lowest BCUT2D eigenvalue weighted by atomic mass is 9.46. The van der Waals surface area contributed by atoms with Crippen LogP contribution in [0.5, 0.6) is 0 Å². The first-order chi connectivity index (χ1) is 39.1. The number of furan rings is 2. The second kappa shape index (κ2) is 15.4. The van der Waals surface area contributed by atoms with E-state index in [4.69, 9.17) is 8.83 Å². The van der Waals surface area contributed by atoms with Crippen LogP contribution in [0.1, 0.15) is 166 Å². The van der Waals surface area contributed by atoms with Crippen molar-refractivity contribution in [2.24, 2.45) is 35.5 Å². The maximum atomic E-state index is 7.96. The Kier molecular flexibility index (Phi) is 8.95. The third kappa shape index (κ3) is 6.24. The molecule has 9 aliphatic carbocycles. The van der Waals surface area contributed by atoms with E-state index in [1.54, 1.807) is 11.1 Å². The standard InChI is InChI=1S/C76H75BN2O2/c1-72(2,3)49-17-19-62(53(29-49)48-13-9-8-10-14-48)78-68-59-34-60-61(74(6,7)22-21-73(60,4)5)35-65(59)81-71(68)77-66-55(33-58-52-15-11-12-16-64(52)80-70(58)69(66)78)57-32-51(76-39-45-26-46(40-76)28-47(27-45)41-76)31-56-54-30-50(18-20-63(54)79(77)67(56)57)75-36-42-23-43(37-75)25-44(24-42)38-75/h8-20,29-35,42-47H,21-28,36-41H2,1-7H3. The SMILES string of the molecule is CC(C)(C)c1ccc(N2c3c(oc4cc5c(cc34)C(C)(C)CCC5(C)C)B3c4c(cc5c(oc6ccccc65)c42)-c2cc(C45CC6CC(CC(C6)C4)C5)cc4c5cc(C67CC8CC(CC(C8)C6)C7)ccc5n3c24)c(-c2ccccc2)c1. The molecule has 0 amide bonds. The van der Waals surface area contributed by atoms with E-state index in [0.29, 0.717) is 0 Å². The largest absolute Gasteiger partial charge is 0.466 e. The molecule has 0 radical (unpaired) electrons. The smallest absolute Gasteiger partial charge is 0.376 e. The van der Waals surface area contributed by atoms with Crippen LogP contribution >= 0.6 is 0 Å². The number of nitrogens with zero attached hydrogens (tertiary/aromatic N) is 2. The Labute approximate surface area is 477 Å². The third-order valence-corrected chi connectivity index (χ3v) is 24.2. The van der Waals surface area contributed by atoms with Crippen LogP contribution < -0.4 is 16.0 Å². The molecule has 8 saturated carbocycles. The number of rotatable bonds is 4. The highest BCUT2D eigenvalue weighted by molar-refractivity contribution is 6.90. The monoisotopic (exact) mass is 1060 g/mol. The molecule has 10 aromatic rings. The molecule has 8 fully saturated rings. The molecule has 81 heavy (non-hydrogen) atoms. The Morgan fingerprint density at radius 3 is 1.78 bits per heavy atom. The molecule has 0 unspecified atom stereocenters. The van der Waals surface area contributed by atoms with Gasteiger partial charge < -0.3 is 18.2 Å². The molecule has 0 N–H and O–H groups in total. The lowest BCUT2D eigenvalue weighted by Crippen LogP contribution is -2.56. The van der Waals surface area contributed by atoms with Crippen LogP contribution in [-0.2, 0) is 27.1 Å². The van der Waals surface area contributed by atoms with E-state index in [0.717, 1.165) is 87.8 Å². The maximum absolute atomic E-state index is 7.96. The van der Waals surface area contributed by atoms with Gasteiger partial charge in [-0.05, 0) is 258 Å². The van der Waals surface area contributed by atoms with Crippen molar-refractivity contribution in [3.63, 3.8) is 0 Å². The highest BCUT2D eigenvalue weighted by Crippen LogP contribution is 2.64. The molecular weight excluding hydrogens is 984 g/mol. The number of para-hydroxylation sites is 1. The first kappa shape index (κ1) is 47.1. The molecule has 0 spiro atoms. The fraction of sp³-hybridized carbons (Fsp3) is 0.421. The highest BCUT2D eigenvalue weighted by Gasteiger charge is 2.55. The number of hydrogen-bond acceptors (Lipinski definition) is 3. The van der Waals surface area contributed by atoms with Crippen LogP contribution in [0, 0.1) is 35.5 Å². The van der Waals surface area contributed by atoms with Gasteiger partial charge in [0.05, 0.1) is 17.1 Å². The Morgan fingerprint density at radius 1 is 0.494 bits per heavy atom. The normalized spacial score (nSPS) is 28.7. The number of hydrogen-bond donors (Lipinski definition) is 0. The number of benzene rings is 7. The highest BCUT2D eigenvalue weighted by atomic mass is 16.3. The topological polar surface area (TPSA) is 34.5 Å². The minimum absolute atomic E-state index is 0.00128. The average molecular weight is 1060 g/mol. The summed E-state index contributed by atoms with van der Waals surface area (Å²) in [5, 5.41) is 6.47. The van der Waals surface area contributed by atoms with E-state index in [1.807, 2.05) is 0 Å². The minimum atomic E-state index is -0.248. The number of aromatic nitrogens is 1. The van der Waals surface area contributed by atoms with Crippen LogP contribution in [0.25, 0.3) is 77.0 Å². The van der Waals surface area contributed by atoms with Gasteiger partial charge in [-0.1, -0.05) is 109 Å². The lowest BCUT2D eigenvalue weighted by molar-refractivity contribution is -0.00527. The van der Waals surface area contributed by atoms with Crippen LogP contribution in [0.15, 0.2) is 130 Å². The summed E-state index contributed by atoms with van der Waals surface area (Å²) in [5.41, 5.74) is 24.5. The summed E-state index contributed by atoms with van der Waals surface area (Å²) in [5.74, 6) is 5.21. The van der Waals surface area contributed by atoms with Gasteiger partial charge >= 0.3 is 6.85 Å². The second-order valence-electron chi connectivity index (χ2n) is 31.1. The van der Waals surface area contributed by atoms with Gasteiger partial charge in [0.25, 0.3) is 0 Å². The molecule has 8 bridgehead atoms. The Morgan fingerprint density at radius 2 is 1.11 bits per heavy atom. The van der Waals surface area contributed by atoms with E-state index in [-0.39, 0.29) is 33.9 Å². The van der Waals surface area contributed by atoms with Gasteiger partial charge in [-0.2, -0.15) is 0 Å². The van der Waals surface area contributed by atoms with E-state index >= 15 is 0 Å². The zero-order valence-electron chi connectivity index (χ0n) is 48.7. The Hall–Kier alpha value is -6.46. The van der Waals surface area contributed by atoms with Crippen molar-refractivity contribution >= 4 is 89.7 Å². The van der Waals surface area contributed by atoms with Gasteiger partial charge in [-0.3, -0.25) is 0 Å². The van der Waals surface area contributed by atoms with Crippen molar-refractivity contribution < 1.29 is 8.83 Å². The van der Waals surface area contributed by atoms with Crippen molar-refractivity contribution in [1.29, 1.82) is 0 Å². The summed E-state index contributed by atoms with van der Waals surface area (Å²) in [7, 11) is 0. The fourth-order valence-corrected chi connectivity index (χ4v) is 21.2. The molecule has 0 saturated heterocycles. The van der Waals surface area contributed by atoms with Crippen LogP contribution in [-0.4, -0.2) is 11.3 Å². The molecule has 11 aliphatic rings. The first-order valence-corrected chi connectivity index (χ1v) is 31.8. The van der Waals surface area contributed by atoms with Crippen LogP contribution in [0.3, 0.4) is 0 Å². The molecule has 5 heteroatoms. The predicted molar refractivity (Wildman–Crippen MR) is 336 cm³/mol. The predicted octanol–water partition coefficient (Wildman–Crippen LogP) is 19.1. The first-order valence-electron chi connectivity index (χ1n) is 31.8. The van der Waals surface area contributed by atoms with Crippen LogP contribution in [0.2, 0.25) is 0 Å². The molecule has 5 heterocycles. The quantitative estimate of drug-likeness (QED) is 0.165. The van der Waals surface area contributed by atoms with Gasteiger partial charge in [0.15, 0.2) is 5.58 Å². The van der Waals surface area contributed by atoms with Crippen molar-refractivity contribution in [1.82, 2.24) is 4.48 Å². The summed E-state index contributed by atoms with van der Waals surface area (Å²) in [6, 6.07) is 48.7. The minimum Gasteiger partial charge on any atom is -0.466 e. The second-order valence-corrected chi connectivity index (χ2v) is 31.1. The molecule has 0 atom stereocenters.